The molecule has 1 aromatic heterocycles. The maximum Gasteiger partial charge on any atom is 0.318 e. The normalized spacial score (nSPS) is 20.6. The molecule has 0 bridgehead atoms. The Morgan fingerprint density at radius 1 is 1.12 bits per heavy atom. The van der Waals surface area contributed by atoms with E-state index in [1.807, 2.05) is 18.2 Å². The maximum atomic E-state index is 13.1. The van der Waals surface area contributed by atoms with Gasteiger partial charge in [0.15, 0.2) is 15.7 Å². The average molecular weight is 490 g/mol. The van der Waals surface area contributed by atoms with Gasteiger partial charge in [-0.25, -0.2) is 23.2 Å². The summed E-state index contributed by atoms with van der Waals surface area (Å²) >= 11 is 0. The molecular weight excluding hydrogens is 458 g/mol. The molecular formula is C23H31N5O5S. The van der Waals surface area contributed by atoms with Crippen LogP contribution in [0.5, 0.6) is 0 Å². The highest BCUT2D eigenvalue weighted by molar-refractivity contribution is 7.91. The molecule has 2 amide bonds. The van der Waals surface area contributed by atoms with E-state index in [2.05, 4.69) is 22.5 Å². The van der Waals surface area contributed by atoms with E-state index in [-0.39, 0.29) is 12.1 Å². The third-order valence-electron chi connectivity index (χ3n) is 6.48. The van der Waals surface area contributed by atoms with Gasteiger partial charge in [0.05, 0.1) is 24.9 Å². The molecule has 10 nitrogen and oxygen atoms in total. The molecule has 0 aliphatic carbocycles. The predicted octanol–water partition coefficient (Wildman–Crippen LogP) is 2.17. The van der Waals surface area contributed by atoms with E-state index in [0.717, 1.165) is 5.56 Å². The van der Waals surface area contributed by atoms with Crippen LogP contribution in [0.25, 0.3) is 11.4 Å². The Bertz CT molecular complexity index is 1130. The second kappa shape index (κ2) is 9.85. The van der Waals surface area contributed by atoms with Crippen molar-refractivity contribution in [3.63, 3.8) is 0 Å². The lowest BCUT2D eigenvalue weighted by Crippen LogP contribution is -2.45. The molecule has 2 fully saturated rings. The molecule has 1 atom stereocenters. The molecule has 3 heterocycles. The fourth-order valence-electron chi connectivity index (χ4n) is 4.43. The standard InChI is InChI=1S/C23H31N5O5S/c1-16-15-33-13-10-28(16)20-14-19(23(34(3,30)31)8-11-32-12-9-23)26-21(27-20)17-4-6-18(7-5-17)25-22(29)24-2/h4-7,14,16H,8-13,15H2,1-3H3,(H2,24,25,29)/t16-/m0/s1. The van der Waals surface area contributed by atoms with Crippen LogP contribution in [0.3, 0.4) is 0 Å². The summed E-state index contributed by atoms with van der Waals surface area (Å²) in [6.07, 6.45) is 1.96. The van der Waals surface area contributed by atoms with Crippen molar-refractivity contribution in [2.24, 2.45) is 0 Å². The lowest BCUT2D eigenvalue weighted by atomic mass is 9.94. The third kappa shape index (κ3) is 4.86. The van der Waals surface area contributed by atoms with Crippen molar-refractivity contribution in [3.8, 4) is 11.4 Å². The van der Waals surface area contributed by atoms with Gasteiger partial charge in [-0.3, -0.25) is 0 Å². The molecule has 0 saturated carbocycles. The van der Waals surface area contributed by atoms with E-state index in [4.69, 9.17) is 19.4 Å². The number of sulfone groups is 1. The number of ether oxygens (including phenoxy) is 2. The Morgan fingerprint density at radius 3 is 2.44 bits per heavy atom. The zero-order valence-electron chi connectivity index (χ0n) is 19.7. The summed E-state index contributed by atoms with van der Waals surface area (Å²) in [6, 6.07) is 8.74. The van der Waals surface area contributed by atoms with Crippen molar-refractivity contribution in [1.82, 2.24) is 15.3 Å². The minimum absolute atomic E-state index is 0.0901. The summed E-state index contributed by atoms with van der Waals surface area (Å²) in [5.41, 5.74) is 1.84. The largest absolute Gasteiger partial charge is 0.381 e. The molecule has 2 saturated heterocycles. The first-order valence-corrected chi connectivity index (χ1v) is 13.2. The number of nitrogens with one attached hydrogen (secondary N) is 2. The second-order valence-corrected chi connectivity index (χ2v) is 11.0. The quantitative estimate of drug-likeness (QED) is 0.655. The molecule has 0 spiro atoms. The highest BCUT2D eigenvalue weighted by atomic mass is 32.2. The molecule has 2 N–H and O–H groups in total. The minimum Gasteiger partial charge on any atom is -0.381 e. The number of hydrogen-bond donors (Lipinski definition) is 2. The monoisotopic (exact) mass is 489 g/mol. The van der Waals surface area contributed by atoms with Gasteiger partial charge in [0, 0.05) is 50.4 Å². The van der Waals surface area contributed by atoms with E-state index >= 15 is 0 Å². The van der Waals surface area contributed by atoms with E-state index in [9.17, 15) is 13.2 Å². The van der Waals surface area contributed by atoms with Crippen LogP contribution in [0.4, 0.5) is 16.3 Å². The van der Waals surface area contributed by atoms with Crippen LogP contribution in [-0.2, 0) is 24.1 Å². The number of carbonyl (C=O) groups excluding carboxylic acids is 1. The van der Waals surface area contributed by atoms with Crippen LogP contribution in [-0.4, -0.2) is 76.7 Å². The van der Waals surface area contributed by atoms with Crippen molar-refractivity contribution < 1.29 is 22.7 Å². The molecule has 0 unspecified atom stereocenters. The Hall–Kier alpha value is -2.76. The van der Waals surface area contributed by atoms with Gasteiger partial charge in [-0.15, -0.1) is 0 Å². The summed E-state index contributed by atoms with van der Waals surface area (Å²) in [7, 11) is -1.94. The van der Waals surface area contributed by atoms with Crippen LogP contribution in [0.15, 0.2) is 30.3 Å². The van der Waals surface area contributed by atoms with Crippen LogP contribution in [0.2, 0.25) is 0 Å². The number of nitrogens with zero attached hydrogens (tertiary/aromatic N) is 3. The summed E-state index contributed by atoms with van der Waals surface area (Å²) in [5.74, 6) is 1.12. The zero-order valence-corrected chi connectivity index (χ0v) is 20.5. The van der Waals surface area contributed by atoms with Crippen LogP contribution in [0.1, 0.15) is 25.5 Å². The lowest BCUT2D eigenvalue weighted by Gasteiger charge is -2.37. The van der Waals surface area contributed by atoms with Crippen LogP contribution in [0, 0.1) is 0 Å². The van der Waals surface area contributed by atoms with Gasteiger partial charge in [-0.2, -0.15) is 0 Å². The first-order chi connectivity index (χ1) is 16.2. The van der Waals surface area contributed by atoms with E-state index in [1.54, 1.807) is 19.2 Å². The predicted molar refractivity (Wildman–Crippen MR) is 130 cm³/mol. The maximum absolute atomic E-state index is 13.1. The summed E-state index contributed by atoms with van der Waals surface area (Å²) in [6.45, 7) is 4.57. The van der Waals surface area contributed by atoms with Gasteiger partial charge >= 0.3 is 6.03 Å². The fraction of sp³-hybridized carbons (Fsp3) is 0.522. The molecule has 4 rings (SSSR count). The first-order valence-electron chi connectivity index (χ1n) is 11.3. The van der Waals surface area contributed by atoms with Gasteiger partial charge in [-0.1, -0.05) is 0 Å². The summed E-state index contributed by atoms with van der Waals surface area (Å²) in [4.78, 5) is 23.4. The zero-order chi connectivity index (χ0) is 24.3. The Labute approximate surface area is 200 Å². The average Bonchev–Trinajstić information content (AvgIpc) is 2.84. The number of morpholine rings is 1. The van der Waals surface area contributed by atoms with Crippen molar-refractivity contribution in [2.45, 2.75) is 30.6 Å². The number of benzene rings is 1. The summed E-state index contributed by atoms with van der Waals surface area (Å²) < 4.78 is 36.1. The number of amides is 2. The van der Waals surface area contributed by atoms with Crippen LogP contribution < -0.4 is 15.5 Å². The van der Waals surface area contributed by atoms with Crippen molar-refractivity contribution >= 4 is 27.4 Å². The molecule has 34 heavy (non-hydrogen) atoms. The van der Waals surface area contributed by atoms with E-state index < -0.39 is 14.6 Å². The smallest absolute Gasteiger partial charge is 0.318 e. The van der Waals surface area contributed by atoms with Crippen LogP contribution >= 0.6 is 0 Å². The number of aromatic nitrogens is 2. The van der Waals surface area contributed by atoms with Gasteiger partial charge in [0.25, 0.3) is 0 Å². The van der Waals surface area contributed by atoms with Crippen molar-refractivity contribution in [1.29, 1.82) is 0 Å². The van der Waals surface area contributed by atoms with E-state index in [1.165, 1.54) is 6.26 Å². The molecule has 2 aliphatic rings. The number of urea groups is 1. The minimum atomic E-state index is -3.49. The molecule has 1 aromatic carbocycles. The Kier molecular flexibility index (Phi) is 7.06. The van der Waals surface area contributed by atoms with Crippen molar-refractivity contribution in [2.75, 3.05) is 56.5 Å². The number of carbonyl (C=O) groups is 1. The van der Waals surface area contributed by atoms with Gasteiger partial charge in [0.1, 0.15) is 10.6 Å². The van der Waals surface area contributed by atoms with Gasteiger partial charge < -0.3 is 25.0 Å². The second-order valence-electron chi connectivity index (χ2n) is 8.71. The number of anilines is 2. The highest BCUT2D eigenvalue weighted by Gasteiger charge is 2.46. The SMILES string of the molecule is CNC(=O)Nc1ccc(-c2nc(N3CCOC[C@@H]3C)cc(C3(S(C)(=O)=O)CCOCC3)n2)cc1. The molecule has 11 heteroatoms. The fourth-order valence-corrected chi connectivity index (χ4v) is 5.82. The Balaban J connectivity index is 1.81. The topological polar surface area (TPSA) is 123 Å². The van der Waals surface area contributed by atoms with E-state index in [0.29, 0.717) is 68.8 Å². The highest BCUT2D eigenvalue weighted by Crippen LogP contribution is 2.40. The first kappa shape index (κ1) is 24.4. The number of hydrogen-bond acceptors (Lipinski definition) is 8. The molecule has 2 aromatic rings. The van der Waals surface area contributed by atoms with Gasteiger partial charge in [-0.05, 0) is 44.0 Å². The van der Waals surface area contributed by atoms with Crippen molar-refractivity contribution in [3.05, 3.63) is 36.0 Å². The Morgan fingerprint density at radius 2 is 1.82 bits per heavy atom. The van der Waals surface area contributed by atoms with Gasteiger partial charge in [0.2, 0.25) is 0 Å². The summed E-state index contributed by atoms with van der Waals surface area (Å²) in [5, 5.41) is 5.23. The molecule has 2 aliphatic heterocycles. The third-order valence-corrected chi connectivity index (χ3v) is 8.52. The molecule has 0 radical (unpaired) electrons. The number of rotatable bonds is 5. The molecule has 184 valence electrons. The lowest BCUT2D eigenvalue weighted by molar-refractivity contribution is 0.0731.